The Balaban J connectivity index is 2.66. The summed E-state index contributed by atoms with van der Waals surface area (Å²) in [5.74, 6) is 0.532. The van der Waals surface area contributed by atoms with Gasteiger partial charge in [-0.25, -0.2) is 0 Å². The van der Waals surface area contributed by atoms with E-state index in [4.69, 9.17) is 12.6 Å². The van der Waals surface area contributed by atoms with Crippen LogP contribution in [-0.2, 0) is 12.6 Å². The van der Waals surface area contributed by atoms with Gasteiger partial charge >= 0.3 is 0 Å². The Hall–Kier alpha value is -0.310. The minimum atomic E-state index is -0.166. The lowest BCUT2D eigenvalue weighted by Crippen LogP contribution is -2.41. The first-order valence-electron chi connectivity index (χ1n) is 5.10. The molecule has 0 bridgehead atoms. The zero-order valence-electron chi connectivity index (χ0n) is 8.45. The summed E-state index contributed by atoms with van der Waals surface area (Å²) in [5, 5.41) is -0.166. The van der Waals surface area contributed by atoms with Gasteiger partial charge in [0, 0.05) is 12.6 Å². The van der Waals surface area contributed by atoms with Crippen molar-refractivity contribution >= 4 is 17.9 Å². The van der Waals surface area contributed by atoms with Crippen LogP contribution in [-0.4, -0.2) is 22.7 Å². The first kappa shape index (κ1) is 10.8. The van der Waals surface area contributed by atoms with Gasteiger partial charge in [0.05, 0.1) is 0 Å². The molecule has 3 heteroatoms. The average Bonchev–Trinajstić information content (AvgIpc) is 2.27. The van der Waals surface area contributed by atoms with E-state index in [1.54, 1.807) is 0 Å². The Labute approximate surface area is 86.1 Å². The summed E-state index contributed by atoms with van der Waals surface area (Å²) in [4.78, 5) is 13.1. The van der Waals surface area contributed by atoms with Gasteiger partial charge in [-0.3, -0.25) is 0 Å². The molecule has 1 saturated heterocycles. The average molecular weight is 200 g/mol. The Morgan fingerprint density at radius 2 is 2.08 bits per heavy atom. The normalized spacial score (nSPS) is 24.5. The Morgan fingerprint density at radius 1 is 1.38 bits per heavy atom. The molecule has 1 unspecified atom stereocenters. The molecule has 0 spiro atoms. The van der Waals surface area contributed by atoms with Crippen molar-refractivity contribution in [3.63, 3.8) is 0 Å². The number of hydrogen-bond donors (Lipinski definition) is 0. The van der Waals surface area contributed by atoms with Crippen molar-refractivity contribution in [3.05, 3.63) is 0 Å². The maximum absolute atomic E-state index is 11.2. The molecular weight excluding hydrogens is 182 g/mol. The molecular formula is C10H18NOS-. The quantitative estimate of drug-likeness (QED) is 0.606. The molecule has 2 nitrogen and oxygen atoms in total. The van der Waals surface area contributed by atoms with E-state index in [0.717, 1.165) is 19.4 Å². The van der Waals surface area contributed by atoms with Crippen molar-refractivity contribution in [2.75, 3.05) is 6.54 Å². The maximum atomic E-state index is 11.2. The summed E-state index contributed by atoms with van der Waals surface area (Å²) < 4.78 is 0. The second-order valence-electron chi connectivity index (χ2n) is 4.12. The molecule has 0 aromatic rings. The highest BCUT2D eigenvalue weighted by atomic mass is 32.1. The zero-order chi connectivity index (χ0) is 9.84. The van der Waals surface area contributed by atoms with Crippen molar-refractivity contribution in [1.82, 2.24) is 4.90 Å². The van der Waals surface area contributed by atoms with Gasteiger partial charge < -0.3 is 22.3 Å². The number of amides is 1. The molecule has 0 aliphatic carbocycles. The van der Waals surface area contributed by atoms with Crippen LogP contribution in [0.3, 0.4) is 0 Å². The standard InChI is InChI=1S/C10H19NOS/c1-8(2)9-6-4-3-5-7-11(9)10(12)13/h8-9H,3-7H2,1-2H3,(H,12,13)/p-1. The maximum Gasteiger partial charge on any atom is 0.101 e. The second kappa shape index (κ2) is 4.80. The summed E-state index contributed by atoms with van der Waals surface area (Å²) in [6, 6.07) is 0.382. The van der Waals surface area contributed by atoms with Gasteiger partial charge in [-0.05, 0) is 18.8 Å². The van der Waals surface area contributed by atoms with Gasteiger partial charge in [0.15, 0.2) is 0 Å². The van der Waals surface area contributed by atoms with Crippen LogP contribution < -0.4 is 0 Å². The van der Waals surface area contributed by atoms with E-state index in [0.29, 0.717) is 12.0 Å². The summed E-state index contributed by atoms with van der Waals surface area (Å²) in [6.45, 7) is 5.20. The highest BCUT2D eigenvalue weighted by Crippen LogP contribution is 2.22. The molecule has 1 rings (SSSR count). The van der Waals surface area contributed by atoms with Crippen molar-refractivity contribution < 1.29 is 4.79 Å². The van der Waals surface area contributed by atoms with Gasteiger partial charge in [0.1, 0.15) is 5.24 Å². The van der Waals surface area contributed by atoms with Crippen LogP contribution in [0.25, 0.3) is 0 Å². The molecule has 0 N–H and O–H groups in total. The number of hydrogen-bond acceptors (Lipinski definition) is 2. The fourth-order valence-corrected chi connectivity index (χ4v) is 2.28. The van der Waals surface area contributed by atoms with E-state index in [1.165, 1.54) is 12.8 Å². The first-order valence-corrected chi connectivity index (χ1v) is 5.51. The smallest absolute Gasteiger partial charge is 0.101 e. The summed E-state index contributed by atoms with van der Waals surface area (Å²) in [6.07, 6.45) is 4.72. The van der Waals surface area contributed by atoms with Crippen molar-refractivity contribution in [1.29, 1.82) is 0 Å². The fourth-order valence-electron chi connectivity index (χ4n) is 2.05. The van der Waals surface area contributed by atoms with Crippen LogP contribution in [0, 0.1) is 5.92 Å². The van der Waals surface area contributed by atoms with Gasteiger partial charge in [0.2, 0.25) is 0 Å². The van der Waals surface area contributed by atoms with Gasteiger partial charge in [-0.1, -0.05) is 26.7 Å². The SMILES string of the molecule is CC(C)C1CCCCCN1C(=O)[S-]. The Bertz CT molecular complexity index is 182. The van der Waals surface area contributed by atoms with Crippen molar-refractivity contribution in [2.45, 2.75) is 45.6 Å². The third kappa shape index (κ3) is 2.83. The summed E-state index contributed by atoms with van der Waals surface area (Å²) in [5.41, 5.74) is 0. The lowest BCUT2D eigenvalue weighted by Gasteiger charge is -2.35. The largest absolute Gasteiger partial charge is 0.719 e. The number of likely N-dealkylation sites (tertiary alicyclic amines) is 1. The highest BCUT2D eigenvalue weighted by molar-refractivity contribution is 7.76. The minimum absolute atomic E-state index is 0.166. The molecule has 0 aromatic carbocycles. The van der Waals surface area contributed by atoms with E-state index in [1.807, 2.05) is 4.90 Å². The third-order valence-corrected chi connectivity index (χ3v) is 3.04. The third-order valence-electron chi connectivity index (χ3n) is 2.80. The molecule has 0 saturated carbocycles. The van der Waals surface area contributed by atoms with Crippen LogP contribution in [0.15, 0.2) is 0 Å². The molecule has 0 aromatic heterocycles. The van der Waals surface area contributed by atoms with E-state index < -0.39 is 0 Å². The molecule has 1 fully saturated rings. The van der Waals surface area contributed by atoms with Crippen LogP contribution >= 0.6 is 0 Å². The van der Waals surface area contributed by atoms with Crippen molar-refractivity contribution in [2.24, 2.45) is 5.92 Å². The van der Waals surface area contributed by atoms with Crippen LogP contribution in [0.4, 0.5) is 4.79 Å². The molecule has 1 heterocycles. The van der Waals surface area contributed by atoms with Crippen LogP contribution in [0.1, 0.15) is 39.5 Å². The molecule has 1 atom stereocenters. The molecule has 13 heavy (non-hydrogen) atoms. The predicted octanol–water partition coefficient (Wildman–Crippen LogP) is 2.55. The summed E-state index contributed by atoms with van der Waals surface area (Å²) in [7, 11) is 0. The van der Waals surface area contributed by atoms with Crippen LogP contribution in [0.2, 0.25) is 0 Å². The molecule has 0 radical (unpaired) electrons. The first-order chi connectivity index (χ1) is 6.13. The van der Waals surface area contributed by atoms with Crippen LogP contribution in [0.5, 0.6) is 0 Å². The van der Waals surface area contributed by atoms with Crippen molar-refractivity contribution in [3.8, 4) is 0 Å². The fraction of sp³-hybridized carbons (Fsp3) is 0.900. The van der Waals surface area contributed by atoms with Gasteiger partial charge in [-0.15, -0.1) is 0 Å². The van der Waals surface area contributed by atoms with E-state index in [-0.39, 0.29) is 5.24 Å². The number of rotatable bonds is 1. The van der Waals surface area contributed by atoms with E-state index in [9.17, 15) is 4.79 Å². The summed E-state index contributed by atoms with van der Waals surface area (Å²) >= 11 is 4.74. The topological polar surface area (TPSA) is 20.3 Å². The Kier molecular flexibility index (Phi) is 3.97. The zero-order valence-corrected chi connectivity index (χ0v) is 9.27. The number of carbonyl (C=O) groups is 1. The Morgan fingerprint density at radius 3 is 2.62 bits per heavy atom. The molecule has 76 valence electrons. The number of carbonyl (C=O) groups excluding carboxylic acids is 1. The lowest BCUT2D eigenvalue weighted by molar-refractivity contribution is 0.179. The molecule has 1 amide bonds. The number of nitrogens with zero attached hydrogens (tertiary/aromatic N) is 1. The van der Waals surface area contributed by atoms with E-state index >= 15 is 0 Å². The van der Waals surface area contributed by atoms with Gasteiger partial charge in [-0.2, -0.15) is 0 Å². The predicted molar refractivity (Wildman–Crippen MR) is 56.6 cm³/mol. The molecule has 1 aliphatic rings. The van der Waals surface area contributed by atoms with Gasteiger partial charge in [0.25, 0.3) is 0 Å². The minimum Gasteiger partial charge on any atom is -0.719 e. The molecule has 1 aliphatic heterocycles. The monoisotopic (exact) mass is 200 g/mol. The lowest BCUT2D eigenvalue weighted by atomic mass is 9.98. The van der Waals surface area contributed by atoms with E-state index in [2.05, 4.69) is 13.8 Å². The second-order valence-corrected chi connectivity index (χ2v) is 4.47. The highest BCUT2D eigenvalue weighted by Gasteiger charge is 2.22.